The van der Waals surface area contributed by atoms with Crippen LogP contribution in [0.2, 0.25) is 0 Å². The van der Waals surface area contributed by atoms with Gasteiger partial charge in [-0.25, -0.2) is 4.79 Å². The zero-order valence-electron chi connectivity index (χ0n) is 10.3. The summed E-state index contributed by atoms with van der Waals surface area (Å²) in [4.78, 5) is 24.5. The number of carbonyl (C=O) groups is 2. The maximum Gasteiger partial charge on any atom is 0.411 e. The van der Waals surface area contributed by atoms with Gasteiger partial charge in [-0.05, 0) is 18.8 Å². The molecule has 0 radical (unpaired) electrons. The number of carbonyl (C=O) groups excluding carboxylic acids is 2. The maximum atomic E-state index is 11.8. The number of nitrogens with zero attached hydrogens (tertiary/aromatic N) is 1. The van der Waals surface area contributed by atoms with Gasteiger partial charge in [0.25, 0.3) is 0 Å². The SMILES string of the molecule is CCC1CCN(C(=O)OC2CCC(=O)N2)CC1. The third-order valence-electron chi connectivity index (χ3n) is 3.65. The molecule has 2 aliphatic rings. The molecule has 5 nitrogen and oxygen atoms in total. The van der Waals surface area contributed by atoms with Gasteiger partial charge in [0.1, 0.15) is 0 Å². The first-order valence-corrected chi connectivity index (χ1v) is 6.44. The van der Waals surface area contributed by atoms with E-state index in [1.54, 1.807) is 4.90 Å². The lowest BCUT2D eigenvalue weighted by molar-refractivity contribution is -0.120. The number of rotatable bonds is 2. The Labute approximate surface area is 101 Å². The number of hydrogen-bond acceptors (Lipinski definition) is 3. The fourth-order valence-corrected chi connectivity index (χ4v) is 2.39. The predicted octanol–water partition coefficient (Wildman–Crippen LogP) is 1.48. The molecule has 0 bridgehead atoms. The van der Waals surface area contributed by atoms with E-state index in [0.29, 0.717) is 12.8 Å². The second kappa shape index (κ2) is 5.38. The molecule has 2 amide bonds. The van der Waals surface area contributed by atoms with Gasteiger partial charge >= 0.3 is 6.09 Å². The summed E-state index contributed by atoms with van der Waals surface area (Å²) in [6.07, 6.45) is 3.64. The molecule has 96 valence electrons. The van der Waals surface area contributed by atoms with Crippen LogP contribution in [0.25, 0.3) is 0 Å². The molecule has 0 aromatic heterocycles. The molecule has 0 spiro atoms. The lowest BCUT2D eigenvalue weighted by Crippen LogP contribution is -2.42. The number of likely N-dealkylation sites (tertiary alicyclic amines) is 1. The predicted molar refractivity (Wildman–Crippen MR) is 62.2 cm³/mol. The summed E-state index contributed by atoms with van der Waals surface area (Å²) in [6.45, 7) is 3.74. The summed E-state index contributed by atoms with van der Waals surface area (Å²) >= 11 is 0. The van der Waals surface area contributed by atoms with E-state index in [-0.39, 0.29) is 12.0 Å². The quantitative estimate of drug-likeness (QED) is 0.795. The molecule has 2 rings (SSSR count). The third kappa shape index (κ3) is 3.11. The van der Waals surface area contributed by atoms with Gasteiger partial charge in [0.05, 0.1) is 0 Å². The molecule has 2 heterocycles. The van der Waals surface area contributed by atoms with Gasteiger partial charge < -0.3 is 15.0 Å². The highest BCUT2D eigenvalue weighted by molar-refractivity contribution is 5.78. The van der Waals surface area contributed by atoms with Crippen molar-refractivity contribution in [1.82, 2.24) is 10.2 Å². The van der Waals surface area contributed by atoms with Gasteiger partial charge in [0.2, 0.25) is 5.91 Å². The Morgan fingerprint density at radius 2 is 2.12 bits per heavy atom. The van der Waals surface area contributed by atoms with Crippen LogP contribution in [0.4, 0.5) is 4.79 Å². The minimum Gasteiger partial charge on any atom is -0.425 e. The summed E-state index contributed by atoms with van der Waals surface area (Å²) in [6, 6.07) is 0. The van der Waals surface area contributed by atoms with E-state index >= 15 is 0 Å². The highest BCUT2D eigenvalue weighted by Crippen LogP contribution is 2.21. The van der Waals surface area contributed by atoms with Gasteiger partial charge in [-0.1, -0.05) is 13.3 Å². The summed E-state index contributed by atoms with van der Waals surface area (Å²) in [5.74, 6) is 0.706. The van der Waals surface area contributed by atoms with Gasteiger partial charge in [-0.15, -0.1) is 0 Å². The van der Waals surface area contributed by atoms with Gasteiger partial charge in [-0.3, -0.25) is 4.79 Å². The van der Waals surface area contributed by atoms with E-state index in [1.165, 1.54) is 6.42 Å². The first-order valence-electron chi connectivity index (χ1n) is 6.44. The lowest BCUT2D eigenvalue weighted by atomic mass is 9.95. The van der Waals surface area contributed by atoms with Crippen molar-refractivity contribution in [2.75, 3.05) is 13.1 Å². The Bertz CT molecular complexity index is 298. The summed E-state index contributed by atoms with van der Waals surface area (Å²) in [5, 5.41) is 2.64. The smallest absolute Gasteiger partial charge is 0.411 e. The molecule has 2 fully saturated rings. The molecule has 0 saturated carbocycles. The van der Waals surface area contributed by atoms with Crippen LogP contribution >= 0.6 is 0 Å². The topological polar surface area (TPSA) is 58.6 Å². The van der Waals surface area contributed by atoms with Crippen molar-refractivity contribution in [3.63, 3.8) is 0 Å². The van der Waals surface area contributed by atoms with Gasteiger partial charge in [0.15, 0.2) is 6.23 Å². The fraction of sp³-hybridized carbons (Fsp3) is 0.833. The summed E-state index contributed by atoms with van der Waals surface area (Å²) < 4.78 is 5.25. The fourth-order valence-electron chi connectivity index (χ4n) is 2.39. The van der Waals surface area contributed by atoms with Crippen molar-refractivity contribution in [2.45, 2.75) is 45.3 Å². The monoisotopic (exact) mass is 240 g/mol. The second-order valence-electron chi connectivity index (χ2n) is 4.82. The average Bonchev–Trinajstić information content (AvgIpc) is 2.75. The molecule has 0 aliphatic carbocycles. The molecule has 1 unspecified atom stereocenters. The minimum absolute atomic E-state index is 0.0347. The van der Waals surface area contributed by atoms with Crippen LogP contribution < -0.4 is 5.32 Å². The highest BCUT2D eigenvalue weighted by Gasteiger charge is 2.28. The molecule has 2 aliphatic heterocycles. The standard InChI is InChI=1S/C12H20N2O3/c1-2-9-5-7-14(8-6-9)12(16)17-11-4-3-10(15)13-11/h9,11H,2-8H2,1H3,(H,13,15). The van der Waals surface area contributed by atoms with E-state index in [9.17, 15) is 9.59 Å². The second-order valence-corrected chi connectivity index (χ2v) is 4.82. The molecule has 5 heteroatoms. The molecule has 0 aromatic carbocycles. The molecule has 1 N–H and O–H groups in total. The first-order chi connectivity index (χ1) is 8.19. The molecule has 1 atom stereocenters. The molecule has 0 aromatic rings. The van der Waals surface area contributed by atoms with Gasteiger partial charge in [-0.2, -0.15) is 0 Å². The minimum atomic E-state index is -0.418. The van der Waals surface area contributed by atoms with Crippen LogP contribution in [0.1, 0.15) is 39.0 Å². The van der Waals surface area contributed by atoms with E-state index in [2.05, 4.69) is 12.2 Å². The van der Waals surface area contributed by atoms with Crippen LogP contribution in [-0.4, -0.2) is 36.2 Å². The summed E-state index contributed by atoms with van der Waals surface area (Å²) in [5.41, 5.74) is 0. The van der Waals surface area contributed by atoms with Crippen molar-refractivity contribution in [3.05, 3.63) is 0 Å². The average molecular weight is 240 g/mol. The van der Waals surface area contributed by atoms with E-state index in [1.807, 2.05) is 0 Å². The van der Waals surface area contributed by atoms with Crippen LogP contribution in [-0.2, 0) is 9.53 Å². The van der Waals surface area contributed by atoms with Crippen LogP contribution in [0.15, 0.2) is 0 Å². The zero-order chi connectivity index (χ0) is 12.3. The first kappa shape index (κ1) is 12.2. The summed E-state index contributed by atoms with van der Waals surface area (Å²) in [7, 11) is 0. The Morgan fingerprint density at radius 3 is 2.65 bits per heavy atom. The van der Waals surface area contributed by atoms with Crippen LogP contribution in [0.5, 0.6) is 0 Å². The van der Waals surface area contributed by atoms with E-state index < -0.39 is 6.23 Å². The van der Waals surface area contributed by atoms with Gasteiger partial charge in [0, 0.05) is 25.9 Å². The van der Waals surface area contributed by atoms with E-state index in [0.717, 1.165) is 31.8 Å². The molecular formula is C12H20N2O3. The third-order valence-corrected chi connectivity index (χ3v) is 3.65. The van der Waals surface area contributed by atoms with Crippen molar-refractivity contribution in [3.8, 4) is 0 Å². The van der Waals surface area contributed by atoms with Crippen LogP contribution in [0, 0.1) is 5.92 Å². The number of hydrogen-bond donors (Lipinski definition) is 1. The van der Waals surface area contributed by atoms with Crippen molar-refractivity contribution < 1.29 is 14.3 Å². The Kier molecular flexibility index (Phi) is 3.86. The van der Waals surface area contributed by atoms with E-state index in [4.69, 9.17) is 4.74 Å². The number of ether oxygens (including phenoxy) is 1. The van der Waals surface area contributed by atoms with Crippen LogP contribution in [0.3, 0.4) is 0 Å². The molecule has 2 saturated heterocycles. The van der Waals surface area contributed by atoms with Crippen molar-refractivity contribution in [2.24, 2.45) is 5.92 Å². The molecule has 17 heavy (non-hydrogen) atoms. The number of piperidine rings is 1. The number of amides is 2. The molecular weight excluding hydrogens is 220 g/mol. The normalized spacial score (nSPS) is 25.8. The zero-order valence-corrected chi connectivity index (χ0v) is 10.3. The van der Waals surface area contributed by atoms with Crippen molar-refractivity contribution in [1.29, 1.82) is 0 Å². The Hall–Kier alpha value is -1.26. The van der Waals surface area contributed by atoms with Crippen molar-refractivity contribution >= 4 is 12.0 Å². The highest BCUT2D eigenvalue weighted by atomic mass is 16.6. The largest absolute Gasteiger partial charge is 0.425 e. The Morgan fingerprint density at radius 1 is 1.41 bits per heavy atom. The Balaban J connectivity index is 1.75. The lowest BCUT2D eigenvalue weighted by Gasteiger charge is -2.31. The number of nitrogens with one attached hydrogen (secondary N) is 1. The maximum absolute atomic E-state index is 11.8.